The van der Waals surface area contributed by atoms with Gasteiger partial charge in [-0.15, -0.1) is 0 Å². The molecule has 32 heavy (non-hydrogen) atoms. The molecule has 166 valence electrons. The van der Waals surface area contributed by atoms with Crippen LogP contribution in [0.3, 0.4) is 0 Å². The molecule has 8 heteroatoms. The first-order valence-corrected chi connectivity index (χ1v) is 10.8. The summed E-state index contributed by atoms with van der Waals surface area (Å²) in [5.74, 6) is -0.307. The summed E-state index contributed by atoms with van der Waals surface area (Å²) in [7, 11) is 0. The molecule has 4 amide bonds. The first-order chi connectivity index (χ1) is 15.5. The molecule has 0 fully saturated rings. The molecule has 0 atom stereocenters. The molecule has 3 aromatic rings. The van der Waals surface area contributed by atoms with Crippen molar-refractivity contribution in [3.63, 3.8) is 0 Å². The van der Waals surface area contributed by atoms with E-state index >= 15 is 0 Å². The van der Waals surface area contributed by atoms with E-state index in [-0.39, 0.29) is 24.3 Å². The number of para-hydroxylation sites is 1. The predicted octanol–water partition coefficient (Wildman–Crippen LogP) is 3.61. The maximum atomic E-state index is 12.6. The summed E-state index contributed by atoms with van der Waals surface area (Å²) in [6.07, 6.45) is 1.65. The number of aromatic nitrogens is 1. The van der Waals surface area contributed by atoms with Crippen LogP contribution in [0, 0.1) is 0 Å². The number of H-pyrrole nitrogens is 1. The Morgan fingerprint density at radius 3 is 2.62 bits per heavy atom. The minimum atomic E-state index is -0.168. The number of aromatic amines is 1. The van der Waals surface area contributed by atoms with E-state index in [2.05, 4.69) is 33.1 Å². The number of nitrogens with zero attached hydrogens (tertiary/aromatic N) is 1. The summed E-state index contributed by atoms with van der Waals surface area (Å²) in [5, 5.41) is 9.64. The van der Waals surface area contributed by atoms with Gasteiger partial charge in [0.15, 0.2) is 0 Å². The van der Waals surface area contributed by atoms with E-state index in [0.29, 0.717) is 37.4 Å². The number of fused-ring (bicyclic) bond motifs is 3. The fraction of sp³-hybridized carbons (Fsp3) is 0.292. The Hall–Kier alpha value is -3.81. The zero-order valence-electron chi connectivity index (χ0n) is 18.0. The average molecular weight is 434 g/mol. The summed E-state index contributed by atoms with van der Waals surface area (Å²) >= 11 is 0. The molecule has 2 aromatic carbocycles. The van der Waals surface area contributed by atoms with E-state index in [1.807, 2.05) is 12.1 Å². The van der Waals surface area contributed by atoms with Crippen molar-refractivity contribution in [1.82, 2.24) is 15.2 Å². The van der Waals surface area contributed by atoms with E-state index in [9.17, 15) is 14.4 Å². The maximum absolute atomic E-state index is 12.6. The molecule has 4 N–H and O–H groups in total. The largest absolute Gasteiger partial charge is 0.357 e. The second-order valence-corrected chi connectivity index (χ2v) is 7.94. The number of urea groups is 1. The van der Waals surface area contributed by atoms with Gasteiger partial charge in [0.05, 0.1) is 6.54 Å². The highest BCUT2D eigenvalue weighted by molar-refractivity contribution is 5.93. The molecule has 1 aliphatic heterocycles. The summed E-state index contributed by atoms with van der Waals surface area (Å²) in [5.41, 5.74) is 4.74. The quantitative estimate of drug-likeness (QED) is 0.446. The third-order valence-corrected chi connectivity index (χ3v) is 5.49. The van der Waals surface area contributed by atoms with Crippen molar-refractivity contribution in [2.45, 2.75) is 32.7 Å². The van der Waals surface area contributed by atoms with Crippen molar-refractivity contribution in [3.8, 4) is 0 Å². The number of benzene rings is 2. The number of anilines is 2. The summed E-state index contributed by atoms with van der Waals surface area (Å²) in [4.78, 5) is 41.1. The number of carbonyl (C=O) groups excluding carboxylic acids is 3. The molecule has 0 bridgehead atoms. The normalized spacial score (nSPS) is 12.8. The van der Waals surface area contributed by atoms with Crippen LogP contribution in [0.1, 0.15) is 31.0 Å². The van der Waals surface area contributed by atoms with E-state index in [0.717, 1.165) is 17.6 Å². The number of carbonyl (C=O) groups is 3. The summed E-state index contributed by atoms with van der Waals surface area (Å²) < 4.78 is 0. The van der Waals surface area contributed by atoms with Gasteiger partial charge in [-0.1, -0.05) is 24.3 Å². The predicted molar refractivity (Wildman–Crippen MR) is 124 cm³/mol. The average Bonchev–Trinajstić information content (AvgIpc) is 3.14. The number of hydrogen-bond acceptors (Lipinski definition) is 3. The molecular formula is C24H27N5O3. The van der Waals surface area contributed by atoms with E-state index in [1.165, 1.54) is 17.9 Å². The van der Waals surface area contributed by atoms with Crippen LogP contribution in [0.25, 0.3) is 10.9 Å². The van der Waals surface area contributed by atoms with Crippen LogP contribution in [0.4, 0.5) is 16.2 Å². The van der Waals surface area contributed by atoms with Crippen molar-refractivity contribution in [2.24, 2.45) is 0 Å². The van der Waals surface area contributed by atoms with Crippen LogP contribution in [-0.2, 0) is 22.6 Å². The monoisotopic (exact) mass is 433 g/mol. The minimum absolute atomic E-state index is 0.113. The Morgan fingerprint density at radius 1 is 1.03 bits per heavy atom. The molecule has 0 radical (unpaired) electrons. The van der Waals surface area contributed by atoms with Gasteiger partial charge in [-0.25, -0.2) is 4.79 Å². The first-order valence-electron chi connectivity index (χ1n) is 10.8. The van der Waals surface area contributed by atoms with Crippen molar-refractivity contribution in [3.05, 3.63) is 59.8 Å². The summed E-state index contributed by atoms with van der Waals surface area (Å²) in [6, 6.07) is 15.1. The second-order valence-electron chi connectivity index (χ2n) is 7.94. The van der Waals surface area contributed by atoms with Gasteiger partial charge >= 0.3 is 6.03 Å². The number of nitrogens with one attached hydrogen (secondary N) is 4. The molecule has 0 spiro atoms. The van der Waals surface area contributed by atoms with Crippen molar-refractivity contribution in [1.29, 1.82) is 0 Å². The van der Waals surface area contributed by atoms with Crippen LogP contribution < -0.4 is 16.0 Å². The molecule has 4 rings (SSSR count). The zero-order valence-corrected chi connectivity index (χ0v) is 18.0. The zero-order chi connectivity index (χ0) is 22.5. The topological polar surface area (TPSA) is 106 Å². The molecule has 0 unspecified atom stereocenters. The highest BCUT2D eigenvalue weighted by Gasteiger charge is 2.23. The lowest BCUT2D eigenvalue weighted by Crippen LogP contribution is -2.43. The van der Waals surface area contributed by atoms with Crippen molar-refractivity contribution < 1.29 is 14.4 Å². The van der Waals surface area contributed by atoms with Gasteiger partial charge in [0.1, 0.15) is 0 Å². The Bertz CT molecular complexity index is 1150. The highest BCUT2D eigenvalue weighted by Crippen LogP contribution is 2.27. The highest BCUT2D eigenvalue weighted by atomic mass is 16.2. The van der Waals surface area contributed by atoms with Crippen LogP contribution in [0.15, 0.2) is 48.5 Å². The molecule has 0 saturated carbocycles. The van der Waals surface area contributed by atoms with Gasteiger partial charge in [0.25, 0.3) is 0 Å². The Labute approximate surface area is 186 Å². The minimum Gasteiger partial charge on any atom is -0.357 e. The third kappa shape index (κ3) is 5.08. The summed E-state index contributed by atoms with van der Waals surface area (Å²) in [6.45, 7) is 3.09. The molecule has 0 saturated heterocycles. The number of hydrogen-bond donors (Lipinski definition) is 4. The van der Waals surface area contributed by atoms with Crippen LogP contribution >= 0.6 is 0 Å². The Balaban J connectivity index is 1.21. The molecule has 1 aromatic heterocycles. The van der Waals surface area contributed by atoms with E-state index in [4.69, 9.17) is 0 Å². The lowest BCUT2D eigenvalue weighted by Gasteiger charge is -2.27. The van der Waals surface area contributed by atoms with Crippen LogP contribution in [0.2, 0.25) is 0 Å². The third-order valence-electron chi connectivity index (χ3n) is 5.49. The lowest BCUT2D eigenvalue weighted by atomic mass is 10.0. The SMILES string of the molecule is CC(=O)Nc1cccc(NC(=O)CCCNC(=O)N2CCc3c([nH]c4ccccc34)C2)c1. The molecule has 2 heterocycles. The van der Waals surface area contributed by atoms with Gasteiger partial charge in [0.2, 0.25) is 11.8 Å². The first kappa shape index (κ1) is 21.4. The maximum Gasteiger partial charge on any atom is 0.317 e. The van der Waals surface area contributed by atoms with E-state index < -0.39 is 0 Å². The Kier molecular flexibility index (Phi) is 6.39. The van der Waals surface area contributed by atoms with Gasteiger partial charge in [-0.3, -0.25) is 9.59 Å². The molecule has 1 aliphatic rings. The van der Waals surface area contributed by atoms with Crippen LogP contribution in [-0.4, -0.2) is 40.8 Å². The van der Waals surface area contributed by atoms with Crippen molar-refractivity contribution >= 4 is 40.1 Å². The van der Waals surface area contributed by atoms with Crippen molar-refractivity contribution in [2.75, 3.05) is 23.7 Å². The van der Waals surface area contributed by atoms with Gasteiger partial charge < -0.3 is 25.8 Å². The van der Waals surface area contributed by atoms with Crippen LogP contribution in [0.5, 0.6) is 0 Å². The molecule has 0 aliphatic carbocycles. The smallest absolute Gasteiger partial charge is 0.317 e. The molecular weight excluding hydrogens is 406 g/mol. The standard InChI is InChI=1S/C24H27N5O3/c1-16(30)26-17-6-4-7-18(14-17)27-23(31)10-5-12-25-24(32)29-13-11-20-19-8-2-3-9-21(19)28-22(20)15-29/h2-4,6-9,14,28H,5,10-13,15H2,1H3,(H,25,32)(H,26,30)(H,27,31). The molecule has 8 nitrogen and oxygen atoms in total. The Morgan fingerprint density at radius 2 is 1.81 bits per heavy atom. The van der Waals surface area contributed by atoms with Gasteiger partial charge in [0, 0.05) is 54.4 Å². The fourth-order valence-electron chi connectivity index (χ4n) is 4.02. The number of rotatable bonds is 6. The lowest BCUT2D eigenvalue weighted by molar-refractivity contribution is -0.116. The fourth-order valence-corrected chi connectivity index (χ4v) is 4.02. The van der Waals surface area contributed by atoms with E-state index in [1.54, 1.807) is 29.2 Å². The van der Waals surface area contributed by atoms with Gasteiger partial charge in [-0.2, -0.15) is 0 Å². The second kappa shape index (κ2) is 9.55. The van der Waals surface area contributed by atoms with Gasteiger partial charge in [-0.05, 0) is 42.7 Å². The number of amides is 4.